The van der Waals surface area contributed by atoms with Gasteiger partial charge in [0, 0.05) is 37.3 Å². The molecule has 0 spiro atoms. The molecule has 30 heavy (non-hydrogen) atoms. The van der Waals surface area contributed by atoms with Crippen LogP contribution < -0.4 is 10.1 Å². The first-order chi connectivity index (χ1) is 14.4. The molecule has 0 unspecified atom stereocenters. The molecule has 1 aliphatic heterocycles. The quantitative estimate of drug-likeness (QED) is 0.734. The van der Waals surface area contributed by atoms with E-state index in [4.69, 9.17) is 16.3 Å². The van der Waals surface area contributed by atoms with Gasteiger partial charge in [-0.15, -0.1) is 0 Å². The van der Waals surface area contributed by atoms with Gasteiger partial charge >= 0.3 is 0 Å². The first kappa shape index (κ1) is 21.6. The number of nitrogens with one attached hydrogen (secondary N) is 1. The highest BCUT2D eigenvalue weighted by Gasteiger charge is 2.36. The molecule has 2 aromatic carbocycles. The normalized spacial score (nSPS) is 15.8. The van der Waals surface area contributed by atoms with Crippen molar-refractivity contribution >= 4 is 35.0 Å². The number of rotatable bonds is 7. The van der Waals surface area contributed by atoms with Gasteiger partial charge in [-0.2, -0.15) is 0 Å². The first-order valence-corrected chi connectivity index (χ1v) is 9.95. The van der Waals surface area contributed by atoms with Crippen molar-refractivity contribution in [2.75, 3.05) is 32.6 Å². The topological polar surface area (TPSA) is 79.0 Å². The van der Waals surface area contributed by atoms with E-state index in [2.05, 4.69) is 5.32 Å². The minimum Gasteiger partial charge on any atom is -0.497 e. The van der Waals surface area contributed by atoms with Crippen LogP contribution in [0.4, 0.5) is 5.69 Å². The van der Waals surface area contributed by atoms with Crippen LogP contribution in [-0.4, -0.2) is 54.8 Å². The first-order valence-electron chi connectivity index (χ1n) is 9.57. The molecule has 3 rings (SSSR count). The Bertz CT molecular complexity index is 932. The predicted molar refractivity (Wildman–Crippen MR) is 114 cm³/mol. The standard InChI is InChI=1S/C22H24ClN3O4/c1-25(14-20(27)24-17-7-9-18(30-2)10-8-17)22(29)16-11-21(28)26(13-16)12-15-5-3-4-6-19(15)23/h3-10,16H,11-14H2,1-2H3,(H,24,27)/t16-/m1/s1. The summed E-state index contributed by atoms with van der Waals surface area (Å²) in [5.41, 5.74) is 1.46. The van der Waals surface area contributed by atoms with Gasteiger partial charge in [-0.1, -0.05) is 29.8 Å². The second-order valence-corrected chi connectivity index (χ2v) is 7.64. The van der Waals surface area contributed by atoms with Crippen LogP contribution in [0.25, 0.3) is 0 Å². The summed E-state index contributed by atoms with van der Waals surface area (Å²) >= 11 is 6.18. The number of amides is 3. The van der Waals surface area contributed by atoms with E-state index in [0.717, 1.165) is 5.56 Å². The van der Waals surface area contributed by atoms with E-state index in [9.17, 15) is 14.4 Å². The maximum absolute atomic E-state index is 12.8. The fourth-order valence-corrected chi connectivity index (χ4v) is 3.60. The zero-order valence-electron chi connectivity index (χ0n) is 16.9. The lowest BCUT2D eigenvalue weighted by Gasteiger charge is -2.21. The molecule has 158 valence electrons. The minimum absolute atomic E-state index is 0.0932. The van der Waals surface area contributed by atoms with Gasteiger partial charge in [0.2, 0.25) is 17.7 Å². The summed E-state index contributed by atoms with van der Waals surface area (Å²) in [6.07, 6.45) is 0.133. The third-order valence-electron chi connectivity index (χ3n) is 5.01. The second kappa shape index (κ2) is 9.63. The summed E-state index contributed by atoms with van der Waals surface area (Å²) in [5, 5.41) is 3.34. The maximum atomic E-state index is 12.8. The smallest absolute Gasteiger partial charge is 0.243 e. The van der Waals surface area contributed by atoms with Crippen LogP contribution in [0.15, 0.2) is 48.5 Å². The lowest BCUT2D eigenvalue weighted by molar-refractivity contribution is -0.137. The van der Waals surface area contributed by atoms with Crippen LogP contribution in [0.5, 0.6) is 5.75 Å². The number of hydrogen-bond donors (Lipinski definition) is 1. The average molecular weight is 430 g/mol. The molecule has 0 bridgehead atoms. The highest BCUT2D eigenvalue weighted by Crippen LogP contribution is 2.24. The van der Waals surface area contributed by atoms with Crippen molar-refractivity contribution < 1.29 is 19.1 Å². The number of likely N-dealkylation sites (tertiary alicyclic amines) is 1. The molecule has 7 nitrogen and oxygen atoms in total. The van der Waals surface area contributed by atoms with Gasteiger partial charge in [0.25, 0.3) is 0 Å². The Kier molecular flexibility index (Phi) is 6.95. The molecule has 1 saturated heterocycles. The Morgan fingerprint density at radius 1 is 1.20 bits per heavy atom. The third-order valence-corrected chi connectivity index (χ3v) is 5.38. The lowest BCUT2D eigenvalue weighted by Crippen LogP contribution is -2.39. The molecule has 0 aliphatic carbocycles. The molecule has 1 aliphatic rings. The van der Waals surface area contributed by atoms with Crippen molar-refractivity contribution in [1.29, 1.82) is 0 Å². The number of halogens is 1. The zero-order valence-corrected chi connectivity index (χ0v) is 17.7. The number of ether oxygens (including phenoxy) is 1. The molecule has 2 aromatic rings. The van der Waals surface area contributed by atoms with Crippen molar-refractivity contribution in [1.82, 2.24) is 9.80 Å². The maximum Gasteiger partial charge on any atom is 0.243 e. The van der Waals surface area contributed by atoms with Gasteiger partial charge in [0.05, 0.1) is 19.6 Å². The molecular weight excluding hydrogens is 406 g/mol. The molecule has 0 aromatic heterocycles. The van der Waals surface area contributed by atoms with Gasteiger partial charge in [-0.3, -0.25) is 14.4 Å². The van der Waals surface area contributed by atoms with Crippen molar-refractivity contribution in [3.63, 3.8) is 0 Å². The van der Waals surface area contributed by atoms with Gasteiger partial charge in [-0.25, -0.2) is 0 Å². The number of carbonyl (C=O) groups excluding carboxylic acids is 3. The molecular formula is C22H24ClN3O4. The Morgan fingerprint density at radius 2 is 1.90 bits per heavy atom. The zero-order chi connectivity index (χ0) is 21.7. The van der Waals surface area contributed by atoms with E-state index in [-0.39, 0.29) is 30.7 Å². The molecule has 0 saturated carbocycles. The van der Waals surface area contributed by atoms with E-state index in [1.54, 1.807) is 49.4 Å². The number of anilines is 1. The third kappa shape index (κ3) is 5.30. The van der Waals surface area contributed by atoms with E-state index in [1.165, 1.54) is 4.90 Å². The Balaban J connectivity index is 1.53. The Morgan fingerprint density at radius 3 is 2.57 bits per heavy atom. The highest BCUT2D eigenvalue weighted by atomic mass is 35.5. The lowest BCUT2D eigenvalue weighted by atomic mass is 10.1. The van der Waals surface area contributed by atoms with Crippen LogP contribution in [0.1, 0.15) is 12.0 Å². The number of carbonyl (C=O) groups is 3. The van der Waals surface area contributed by atoms with Crippen LogP contribution in [0.3, 0.4) is 0 Å². The molecule has 3 amide bonds. The predicted octanol–water partition coefficient (Wildman–Crippen LogP) is 2.79. The summed E-state index contributed by atoms with van der Waals surface area (Å²) in [4.78, 5) is 40.4. The summed E-state index contributed by atoms with van der Waals surface area (Å²) in [5.74, 6) is -0.418. The number of methoxy groups -OCH3 is 1. The van der Waals surface area contributed by atoms with Crippen molar-refractivity contribution in [3.05, 3.63) is 59.1 Å². The summed E-state index contributed by atoms with van der Waals surface area (Å²) in [6.45, 7) is 0.581. The average Bonchev–Trinajstić information content (AvgIpc) is 3.09. The van der Waals surface area contributed by atoms with Crippen LogP contribution in [-0.2, 0) is 20.9 Å². The molecule has 0 radical (unpaired) electrons. The van der Waals surface area contributed by atoms with E-state index in [1.807, 2.05) is 18.2 Å². The number of hydrogen-bond acceptors (Lipinski definition) is 4. The second-order valence-electron chi connectivity index (χ2n) is 7.24. The molecule has 1 atom stereocenters. The summed E-state index contributed by atoms with van der Waals surface area (Å²) in [6, 6.07) is 14.2. The van der Waals surface area contributed by atoms with E-state index >= 15 is 0 Å². The SMILES string of the molecule is COc1ccc(NC(=O)CN(C)C(=O)[C@@H]2CC(=O)N(Cc3ccccc3Cl)C2)cc1. The van der Waals surface area contributed by atoms with Crippen LogP contribution in [0.2, 0.25) is 5.02 Å². The summed E-state index contributed by atoms with van der Waals surface area (Å²) < 4.78 is 5.08. The molecule has 8 heteroatoms. The van der Waals surface area contributed by atoms with Gasteiger partial charge in [0.15, 0.2) is 0 Å². The van der Waals surface area contributed by atoms with Gasteiger partial charge in [0.1, 0.15) is 5.75 Å². The number of benzene rings is 2. The highest BCUT2D eigenvalue weighted by molar-refractivity contribution is 6.31. The van der Waals surface area contributed by atoms with Crippen molar-refractivity contribution in [2.45, 2.75) is 13.0 Å². The van der Waals surface area contributed by atoms with Crippen molar-refractivity contribution in [3.8, 4) is 5.75 Å². The summed E-state index contributed by atoms with van der Waals surface area (Å²) in [7, 11) is 3.13. The Labute approximate surface area is 180 Å². The van der Waals surface area contributed by atoms with Gasteiger partial charge < -0.3 is 19.9 Å². The minimum atomic E-state index is -0.473. The fourth-order valence-electron chi connectivity index (χ4n) is 3.40. The Hall–Kier alpha value is -3.06. The molecule has 1 fully saturated rings. The van der Waals surface area contributed by atoms with Gasteiger partial charge in [-0.05, 0) is 35.9 Å². The van der Waals surface area contributed by atoms with E-state index in [0.29, 0.717) is 29.5 Å². The van der Waals surface area contributed by atoms with Crippen molar-refractivity contribution in [2.24, 2.45) is 5.92 Å². The number of nitrogens with zero attached hydrogens (tertiary/aromatic N) is 2. The van der Waals surface area contributed by atoms with Crippen LogP contribution in [0, 0.1) is 5.92 Å². The number of likely N-dealkylation sites (N-methyl/N-ethyl adjacent to an activating group) is 1. The fraction of sp³-hybridized carbons (Fsp3) is 0.318. The monoisotopic (exact) mass is 429 g/mol. The molecule has 1 heterocycles. The largest absolute Gasteiger partial charge is 0.497 e. The van der Waals surface area contributed by atoms with E-state index < -0.39 is 5.92 Å². The molecule has 1 N–H and O–H groups in total. The van der Waals surface area contributed by atoms with Crippen LogP contribution >= 0.6 is 11.6 Å².